The molecule has 0 spiro atoms. The SMILES string of the molecule is COc1c(CCC(O)C(C)N)cc(Cl)cc1C(C)C. The Morgan fingerprint density at radius 2 is 1.95 bits per heavy atom. The number of methoxy groups -OCH3 is 1. The molecule has 0 radical (unpaired) electrons. The lowest BCUT2D eigenvalue weighted by molar-refractivity contribution is 0.141. The van der Waals surface area contributed by atoms with Crippen LogP contribution in [0.5, 0.6) is 5.75 Å². The summed E-state index contributed by atoms with van der Waals surface area (Å²) in [6, 6.07) is 3.62. The van der Waals surface area contributed by atoms with Crippen molar-refractivity contribution < 1.29 is 9.84 Å². The molecule has 0 heterocycles. The Labute approximate surface area is 120 Å². The van der Waals surface area contributed by atoms with E-state index in [2.05, 4.69) is 13.8 Å². The van der Waals surface area contributed by atoms with Crippen molar-refractivity contribution in [3.63, 3.8) is 0 Å². The molecule has 0 saturated carbocycles. The highest BCUT2D eigenvalue weighted by atomic mass is 35.5. The minimum Gasteiger partial charge on any atom is -0.496 e. The number of nitrogens with two attached hydrogens (primary N) is 1. The quantitative estimate of drug-likeness (QED) is 0.844. The molecule has 108 valence electrons. The molecular formula is C15H24ClNO2. The Hall–Kier alpha value is -0.770. The summed E-state index contributed by atoms with van der Waals surface area (Å²) in [5.41, 5.74) is 7.80. The summed E-state index contributed by atoms with van der Waals surface area (Å²) in [6.45, 7) is 6.02. The largest absolute Gasteiger partial charge is 0.496 e. The lowest BCUT2D eigenvalue weighted by Gasteiger charge is -2.19. The van der Waals surface area contributed by atoms with Gasteiger partial charge in [-0.25, -0.2) is 0 Å². The zero-order valence-electron chi connectivity index (χ0n) is 12.1. The average molecular weight is 286 g/mol. The molecule has 19 heavy (non-hydrogen) atoms. The second kappa shape index (κ2) is 7.13. The van der Waals surface area contributed by atoms with Crippen LogP contribution in [0, 0.1) is 0 Å². The summed E-state index contributed by atoms with van der Waals surface area (Å²) in [7, 11) is 1.67. The van der Waals surface area contributed by atoms with E-state index in [1.807, 2.05) is 12.1 Å². The molecule has 1 aromatic rings. The van der Waals surface area contributed by atoms with Gasteiger partial charge in [0.05, 0.1) is 13.2 Å². The number of aliphatic hydroxyl groups is 1. The van der Waals surface area contributed by atoms with Gasteiger partial charge in [0, 0.05) is 11.1 Å². The molecule has 4 heteroatoms. The molecule has 0 fully saturated rings. The fourth-order valence-corrected chi connectivity index (χ4v) is 2.35. The predicted molar refractivity (Wildman–Crippen MR) is 80.1 cm³/mol. The number of ether oxygens (including phenoxy) is 1. The van der Waals surface area contributed by atoms with Crippen molar-refractivity contribution in [3.8, 4) is 5.75 Å². The summed E-state index contributed by atoms with van der Waals surface area (Å²) < 4.78 is 5.51. The van der Waals surface area contributed by atoms with Crippen molar-refractivity contribution >= 4 is 11.6 Å². The van der Waals surface area contributed by atoms with Crippen LogP contribution >= 0.6 is 11.6 Å². The van der Waals surface area contributed by atoms with Gasteiger partial charge in [0.1, 0.15) is 5.75 Å². The molecule has 0 bridgehead atoms. The van der Waals surface area contributed by atoms with Gasteiger partial charge in [-0.3, -0.25) is 0 Å². The first kappa shape index (κ1) is 16.3. The van der Waals surface area contributed by atoms with Crippen molar-refractivity contribution in [3.05, 3.63) is 28.3 Å². The Balaban J connectivity index is 2.99. The second-order valence-corrected chi connectivity index (χ2v) is 5.74. The first-order chi connectivity index (χ1) is 8.86. The van der Waals surface area contributed by atoms with Crippen LogP contribution in [0.15, 0.2) is 12.1 Å². The van der Waals surface area contributed by atoms with E-state index in [1.165, 1.54) is 0 Å². The maximum absolute atomic E-state index is 9.80. The second-order valence-electron chi connectivity index (χ2n) is 5.31. The fraction of sp³-hybridized carbons (Fsp3) is 0.600. The third kappa shape index (κ3) is 4.37. The molecule has 1 rings (SSSR count). The van der Waals surface area contributed by atoms with E-state index in [0.29, 0.717) is 23.8 Å². The smallest absolute Gasteiger partial charge is 0.125 e. The van der Waals surface area contributed by atoms with Gasteiger partial charge in [-0.1, -0.05) is 25.4 Å². The molecule has 2 unspecified atom stereocenters. The van der Waals surface area contributed by atoms with E-state index in [0.717, 1.165) is 16.9 Å². The van der Waals surface area contributed by atoms with Crippen LogP contribution in [0.25, 0.3) is 0 Å². The summed E-state index contributed by atoms with van der Waals surface area (Å²) >= 11 is 6.16. The van der Waals surface area contributed by atoms with Crippen LogP contribution in [-0.4, -0.2) is 24.4 Å². The van der Waals surface area contributed by atoms with Gasteiger partial charge >= 0.3 is 0 Å². The Kier molecular flexibility index (Phi) is 6.11. The van der Waals surface area contributed by atoms with Crippen molar-refractivity contribution in [2.75, 3.05) is 7.11 Å². The lowest BCUT2D eigenvalue weighted by atomic mass is 9.95. The van der Waals surface area contributed by atoms with Gasteiger partial charge in [0.25, 0.3) is 0 Å². The molecule has 2 atom stereocenters. The lowest BCUT2D eigenvalue weighted by Crippen LogP contribution is -2.31. The zero-order chi connectivity index (χ0) is 14.6. The molecule has 0 aliphatic rings. The van der Waals surface area contributed by atoms with Crippen molar-refractivity contribution in [1.29, 1.82) is 0 Å². The van der Waals surface area contributed by atoms with Crippen LogP contribution in [0.3, 0.4) is 0 Å². The van der Waals surface area contributed by atoms with Crippen molar-refractivity contribution in [1.82, 2.24) is 0 Å². The number of aryl methyl sites for hydroxylation is 1. The standard InChI is InChI=1S/C15H24ClNO2/c1-9(2)13-8-12(16)7-11(15(13)19-4)5-6-14(18)10(3)17/h7-10,14,18H,5-6,17H2,1-4H3. The Bertz CT molecular complexity index is 419. The topological polar surface area (TPSA) is 55.5 Å². The molecule has 0 aliphatic heterocycles. The third-order valence-electron chi connectivity index (χ3n) is 3.30. The van der Waals surface area contributed by atoms with Gasteiger partial charge in [0.2, 0.25) is 0 Å². The zero-order valence-corrected chi connectivity index (χ0v) is 12.9. The van der Waals surface area contributed by atoms with Crippen LogP contribution < -0.4 is 10.5 Å². The number of halogens is 1. The third-order valence-corrected chi connectivity index (χ3v) is 3.52. The highest BCUT2D eigenvalue weighted by Crippen LogP contribution is 2.34. The Morgan fingerprint density at radius 1 is 1.32 bits per heavy atom. The van der Waals surface area contributed by atoms with Crippen LogP contribution in [0.1, 0.15) is 44.2 Å². The normalized spacial score (nSPS) is 14.5. The summed E-state index contributed by atoms with van der Waals surface area (Å²) in [4.78, 5) is 0. The molecule has 3 N–H and O–H groups in total. The van der Waals surface area contributed by atoms with Crippen LogP contribution in [-0.2, 0) is 6.42 Å². The molecular weight excluding hydrogens is 262 g/mol. The molecule has 0 saturated heterocycles. The number of aliphatic hydroxyl groups excluding tert-OH is 1. The molecule has 0 aliphatic carbocycles. The van der Waals surface area contributed by atoms with Crippen molar-refractivity contribution in [2.24, 2.45) is 5.73 Å². The van der Waals surface area contributed by atoms with Gasteiger partial charge in [0.15, 0.2) is 0 Å². The van der Waals surface area contributed by atoms with E-state index in [-0.39, 0.29) is 6.04 Å². The van der Waals surface area contributed by atoms with Gasteiger partial charge in [-0.2, -0.15) is 0 Å². The molecule has 0 aromatic heterocycles. The minimum atomic E-state index is -0.508. The van der Waals surface area contributed by atoms with E-state index in [9.17, 15) is 5.11 Å². The van der Waals surface area contributed by atoms with E-state index >= 15 is 0 Å². The maximum atomic E-state index is 9.80. The van der Waals surface area contributed by atoms with E-state index < -0.39 is 6.10 Å². The molecule has 0 amide bonds. The fourth-order valence-electron chi connectivity index (χ4n) is 2.10. The number of hydrogen-bond donors (Lipinski definition) is 2. The van der Waals surface area contributed by atoms with Crippen LogP contribution in [0.4, 0.5) is 0 Å². The number of benzene rings is 1. The number of hydrogen-bond acceptors (Lipinski definition) is 3. The molecule has 1 aromatic carbocycles. The molecule has 3 nitrogen and oxygen atoms in total. The monoisotopic (exact) mass is 285 g/mol. The first-order valence-electron chi connectivity index (χ1n) is 6.66. The van der Waals surface area contributed by atoms with E-state index in [1.54, 1.807) is 14.0 Å². The average Bonchev–Trinajstić information content (AvgIpc) is 2.34. The van der Waals surface area contributed by atoms with Gasteiger partial charge in [-0.15, -0.1) is 0 Å². The highest BCUT2D eigenvalue weighted by Gasteiger charge is 2.16. The summed E-state index contributed by atoms with van der Waals surface area (Å²) in [5, 5.41) is 10.5. The summed E-state index contributed by atoms with van der Waals surface area (Å²) in [5.74, 6) is 1.21. The summed E-state index contributed by atoms with van der Waals surface area (Å²) in [6.07, 6.45) is 0.795. The van der Waals surface area contributed by atoms with Crippen LogP contribution in [0.2, 0.25) is 5.02 Å². The van der Waals surface area contributed by atoms with Crippen molar-refractivity contribution in [2.45, 2.75) is 51.7 Å². The highest BCUT2D eigenvalue weighted by molar-refractivity contribution is 6.30. The number of rotatable bonds is 6. The maximum Gasteiger partial charge on any atom is 0.125 e. The predicted octanol–water partition coefficient (Wildman–Crippen LogP) is 3.11. The first-order valence-corrected chi connectivity index (χ1v) is 7.04. The minimum absolute atomic E-state index is 0.227. The van der Waals surface area contributed by atoms with Gasteiger partial charge in [-0.05, 0) is 48.9 Å². The van der Waals surface area contributed by atoms with E-state index in [4.69, 9.17) is 22.1 Å². The Morgan fingerprint density at radius 3 is 2.42 bits per heavy atom. The van der Waals surface area contributed by atoms with Gasteiger partial charge < -0.3 is 15.6 Å².